The molecule has 104 valence electrons. The second kappa shape index (κ2) is 5.68. The summed E-state index contributed by atoms with van der Waals surface area (Å²) in [6, 6.07) is 19.1. The molecule has 0 spiro atoms. The van der Waals surface area contributed by atoms with Crippen LogP contribution in [0.3, 0.4) is 0 Å². The van der Waals surface area contributed by atoms with Crippen LogP contribution in [0.2, 0.25) is 0 Å². The number of ether oxygens (including phenoxy) is 1. The lowest BCUT2D eigenvalue weighted by Crippen LogP contribution is -2.35. The number of amides is 1. The molecule has 1 heterocycles. The summed E-state index contributed by atoms with van der Waals surface area (Å²) in [4.78, 5) is 13.6. The molecule has 3 rings (SSSR count). The van der Waals surface area contributed by atoms with Gasteiger partial charge in [0.15, 0.2) is 0 Å². The van der Waals surface area contributed by atoms with Crippen molar-refractivity contribution < 1.29 is 9.53 Å². The van der Waals surface area contributed by atoms with Gasteiger partial charge in [0.05, 0.1) is 17.7 Å². The second-order valence-corrected chi connectivity index (χ2v) is 4.95. The van der Waals surface area contributed by atoms with Crippen molar-refractivity contribution in [1.29, 1.82) is 5.26 Å². The first-order valence-corrected chi connectivity index (χ1v) is 6.78. The molecule has 2 aromatic rings. The van der Waals surface area contributed by atoms with Gasteiger partial charge in [-0.1, -0.05) is 30.3 Å². The fourth-order valence-electron chi connectivity index (χ4n) is 2.51. The topological polar surface area (TPSA) is 53.3 Å². The van der Waals surface area contributed by atoms with Gasteiger partial charge in [0, 0.05) is 5.69 Å². The number of cyclic esters (lactones) is 1. The number of carbonyl (C=O) groups excluding carboxylic acids is 1. The molecule has 4 heteroatoms. The Labute approximate surface area is 123 Å². The van der Waals surface area contributed by atoms with Crippen LogP contribution in [0.4, 0.5) is 10.5 Å². The molecule has 0 unspecified atom stereocenters. The molecule has 2 aromatic carbocycles. The van der Waals surface area contributed by atoms with Crippen LogP contribution in [0.1, 0.15) is 11.1 Å². The lowest BCUT2D eigenvalue weighted by atomic mass is 10.1. The van der Waals surface area contributed by atoms with Crippen molar-refractivity contribution in [2.45, 2.75) is 12.5 Å². The van der Waals surface area contributed by atoms with Gasteiger partial charge in [-0.2, -0.15) is 5.26 Å². The van der Waals surface area contributed by atoms with Gasteiger partial charge in [-0.15, -0.1) is 0 Å². The van der Waals surface area contributed by atoms with Gasteiger partial charge in [-0.3, -0.25) is 4.90 Å². The molecule has 4 nitrogen and oxygen atoms in total. The van der Waals surface area contributed by atoms with Gasteiger partial charge in [0.1, 0.15) is 6.61 Å². The van der Waals surface area contributed by atoms with Gasteiger partial charge in [-0.05, 0) is 36.2 Å². The number of nitrogens with zero attached hydrogens (tertiary/aromatic N) is 2. The van der Waals surface area contributed by atoms with Crippen molar-refractivity contribution in [3.63, 3.8) is 0 Å². The van der Waals surface area contributed by atoms with E-state index < -0.39 is 0 Å². The summed E-state index contributed by atoms with van der Waals surface area (Å²) in [6.45, 7) is 0.383. The summed E-state index contributed by atoms with van der Waals surface area (Å²) < 4.78 is 5.18. The Morgan fingerprint density at radius 3 is 2.52 bits per heavy atom. The Hall–Kier alpha value is -2.80. The van der Waals surface area contributed by atoms with E-state index in [-0.39, 0.29) is 12.1 Å². The number of hydrogen-bond acceptors (Lipinski definition) is 3. The molecule has 0 bridgehead atoms. The van der Waals surface area contributed by atoms with Crippen molar-refractivity contribution in [2.75, 3.05) is 11.5 Å². The van der Waals surface area contributed by atoms with Crippen LogP contribution in [0.25, 0.3) is 0 Å². The minimum Gasteiger partial charge on any atom is -0.447 e. The van der Waals surface area contributed by atoms with Crippen LogP contribution >= 0.6 is 0 Å². The Balaban J connectivity index is 1.83. The first-order valence-electron chi connectivity index (χ1n) is 6.78. The highest BCUT2D eigenvalue weighted by molar-refractivity contribution is 5.90. The molecule has 0 radical (unpaired) electrons. The average molecular weight is 278 g/mol. The fraction of sp³-hybridized carbons (Fsp3) is 0.176. The number of benzene rings is 2. The monoisotopic (exact) mass is 278 g/mol. The fourth-order valence-corrected chi connectivity index (χ4v) is 2.51. The predicted octanol–water partition coefficient (Wildman–Crippen LogP) is 3.13. The van der Waals surface area contributed by atoms with Crippen molar-refractivity contribution in [3.05, 3.63) is 65.7 Å². The molecule has 0 aliphatic carbocycles. The average Bonchev–Trinajstić information content (AvgIpc) is 2.89. The van der Waals surface area contributed by atoms with E-state index in [1.54, 1.807) is 29.2 Å². The number of hydrogen-bond donors (Lipinski definition) is 0. The summed E-state index contributed by atoms with van der Waals surface area (Å²) >= 11 is 0. The van der Waals surface area contributed by atoms with E-state index in [0.29, 0.717) is 12.2 Å². The zero-order chi connectivity index (χ0) is 14.7. The Morgan fingerprint density at radius 1 is 1.14 bits per heavy atom. The quantitative estimate of drug-likeness (QED) is 0.866. The lowest BCUT2D eigenvalue weighted by Gasteiger charge is -2.21. The van der Waals surface area contributed by atoms with Crippen molar-refractivity contribution in [3.8, 4) is 6.07 Å². The molecule has 1 aliphatic rings. The smallest absolute Gasteiger partial charge is 0.414 e. The van der Waals surface area contributed by atoms with Gasteiger partial charge in [0.2, 0.25) is 0 Å². The highest BCUT2D eigenvalue weighted by Gasteiger charge is 2.34. The van der Waals surface area contributed by atoms with Crippen LogP contribution in [0, 0.1) is 11.3 Å². The molecule has 1 fully saturated rings. The number of anilines is 1. The molecule has 1 amide bonds. The molecule has 0 saturated carbocycles. The van der Waals surface area contributed by atoms with Crippen LogP contribution in [-0.4, -0.2) is 18.7 Å². The third kappa shape index (κ3) is 2.72. The minimum atomic E-state index is -0.333. The molecule has 1 saturated heterocycles. The van der Waals surface area contributed by atoms with E-state index >= 15 is 0 Å². The second-order valence-electron chi connectivity index (χ2n) is 4.95. The Kier molecular flexibility index (Phi) is 3.57. The molecular weight excluding hydrogens is 264 g/mol. The number of rotatable bonds is 3. The largest absolute Gasteiger partial charge is 0.447 e. The van der Waals surface area contributed by atoms with E-state index in [1.807, 2.05) is 30.3 Å². The lowest BCUT2D eigenvalue weighted by molar-refractivity contribution is 0.178. The zero-order valence-corrected chi connectivity index (χ0v) is 11.4. The van der Waals surface area contributed by atoms with Crippen molar-refractivity contribution in [1.82, 2.24) is 0 Å². The van der Waals surface area contributed by atoms with Gasteiger partial charge >= 0.3 is 6.09 Å². The molecule has 0 N–H and O–H groups in total. The van der Waals surface area contributed by atoms with E-state index in [1.165, 1.54) is 5.56 Å². The highest BCUT2D eigenvalue weighted by Crippen LogP contribution is 2.25. The van der Waals surface area contributed by atoms with E-state index in [0.717, 1.165) is 12.1 Å². The molecule has 1 atom stereocenters. The molecule has 1 aliphatic heterocycles. The first-order chi connectivity index (χ1) is 10.3. The maximum atomic E-state index is 12.0. The SMILES string of the molecule is N#Cc1ccc(N2C(=O)OC[C@H]2Cc2ccccc2)cc1. The Morgan fingerprint density at radius 2 is 1.86 bits per heavy atom. The standard InChI is InChI=1S/C17H14N2O2/c18-11-14-6-8-15(9-7-14)19-16(12-21-17(19)20)10-13-4-2-1-3-5-13/h1-9,16H,10,12H2/t16-/m1/s1. The van der Waals surface area contributed by atoms with E-state index in [9.17, 15) is 4.79 Å². The van der Waals surface area contributed by atoms with E-state index in [2.05, 4.69) is 6.07 Å². The van der Waals surface area contributed by atoms with Crippen molar-refractivity contribution >= 4 is 11.8 Å². The molecule has 0 aromatic heterocycles. The third-order valence-corrected chi connectivity index (χ3v) is 3.55. The highest BCUT2D eigenvalue weighted by atomic mass is 16.6. The normalized spacial score (nSPS) is 17.4. The Bertz CT molecular complexity index is 674. The number of carbonyl (C=O) groups is 1. The van der Waals surface area contributed by atoms with Gasteiger partial charge in [0.25, 0.3) is 0 Å². The maximum absolute atomic E-state index is 12.0. The van der Waals surface area contributed by atoms with Crippen molar-refractivity contribution in [2.24, 2.45) is 0 Å². The van der Waals surface area contributed by atoms with E-state index in [4.69, 9.17) is 10.00 Å². The summed E-state index contributed by atoms with van der Waals surface area (Å²) in [7, 11) is 0. The summed E-state index contributed by atoms with van der Waals surface area (Å²) in [5.74, 6) is 0. The van der Waals surface area contributed by atoms with Crippen LogP contribution in [-0.2, 0) is 11.2 Å². The van der Waals surface area contributed by atoms with Gasteiger partial charge in [-0.25, -0.2) is 4.79 Å². The minimum absolute atomic E-state index is 0.0205. The predicted molar refractivity (Wildman–Crippen MR) is 78.9 cm³/mol. The summed E-state index contributed by atoms with van der Waals surface area (Å²) in [5, 5.41) is 8.84. The van der Waals surface area contributed by atoms with Crippen LogP contribution < -0.4 is 4.90 Å². The summed E-state index contributed by atoms with van der Waals surface area (Å²) in [5.41, 5.74) is 2.50. The van der Waals surface area contributed by atoms with Gasteiger partial charge < -0.3 is 4.74 Å². The molecule has 21 heavy (non-hydrogen) atoms. The third-order valence-electron chi connectivity index (χ3n) is 3.55. The maximum Gasteiger partial charge on any atom is 0.414 e. The number of nitriles is 1. The van der Waals surface area contributed by atoms with Crippen LogP contribution in [0.15, 0.2) is 54.6 Å². The van der Waals surface area contributed by atoms with Crippen LogP contribution in [0.5, 0.6) is 0 Å². The zero-order valence-electron chi connectivity index (χ0n) is 11.4. The molecular formula is C17H14N2O2. The summed E-state index contributed by atoms with van der Waals surface area (Å²) in [6.07, 6.45) is 0.410. The first kappa shape index (κ1) is 13.2.